The van der Waals surface area contributed by atoms with Crippen LogP contribution in [-0.4, -0.2) is 9.78 Å². The van der Waals surface area contributed by atoms with E-state index in [9.17, 15) is 5.26 Å². The first-order valence-corrected chi connectivity index (χ1v) is 6.42. The zero-order valence-electron chi connectivity index (χ0n) is 10.9. The lowest BCUT2D eigenvalue weighted by Gasteiger charge is -2.06. The van der Waals surface area contributed by atoms with Crippen LogP contribution >= 0.6 is 11.6 Å². The highest BCUT2D eigenvalue weighted by atomic mass is 35.5. The molecule has 2 aromatic rings. The molecule has 0 aliphatic heterocycles. The van der Waals surface area contributed by atoms with Crippen LogP contribution in [0, 0.1) is 11.3 Å². The van der Waals surface area contributed by atoms with Gasteiger partial charge in [0.2, 0.25) is 0 Å². The molecule has 0 fully saturated rings. The molecule has 5 heteroatoms. The summed E-state index contributed by atoms with van der Waals surface area (Å²) in [5.41, 5.74) is 8.17. The maximum absolute atomic E-state index is 9.21. The number of aromatic nitrogens is 2. The topological polar surface area (TPSA) is 67.6 Å². The Kier molecular flexibility index (Phi) is 3.77. The molecule has 0 amide bonds. The summed E-state index contributed by atoms with van der Waals surface area (Å²) in [5.74, 6) is 0.432. The molecule has 1 aromatic carbocycles. The van der Waals surface area contributed by atoms with E-state index in [2.05, 4.69) is 11.2 Å². The summed E-state index contributed by atoms with van der Waals surface area (Å²) in [4.78, 5) is 0. The molecule has 2 rings (SSSR count). The summed E-state index contributed by atoms with van der Waals surface area (Å²) in [6.45, 7) is 3.97. The Hall–Kier alpha value is -1.99. The van der Waals surface area contributed by atoms with E-state index in [1.54, 1.807) is 4.68 Å². The van der Waals surface area contributed by atoms with Crippen molar-refractivity contribution in [3.8, 4) is 6.07 Å². The van der Waals surface area contributed by atoms with Crippen LogP contribution in [0.25, 0.3) is 0 Å². The highest BCUT2D eigenvalue weighted by molar-refractivity contribution is 6.30. The van der Waals surface area contributed by atoms with Crippen LogP contribution in [0.2, 0.25) is 5.02 Å². The first kappa shape index (κ1) is 13.4. The lowest BCUT2D eigenvalue weighted by Crippen LogP contribution is -2.07. The van der Waals surface area contributed by atoms with Gasteiger partial charge in [-0.15, -0.1) is 0 Å². The molecule has 0 spiro atoms. The van der Waals surface area contributed by atoms with Crippen molar-refractivity contribution in [2.45, 2.75) is 26.3 Å². The molecule has 0 aliphatic rings. The quantitative estimate of drug-likeness (QED) is 0.935. The van der Waals surface area contributed by atoms with E-state index in [4.69, 9.17) is 17.3 Å². The second kappa shape index (κ2) is 5.33. The van der Waals surface area contributed by atoms with Crippen LogP contribution in [0.3, 0.4) is 0 Å². The third-order valence-electron chi connectivity index (χ3n) is 2.91. The molecule has 98 valence electrons. The molecule has 0 atom stereocenters. The molecular weight excluding hydrogens is 260 g/mol. The number of anilines is 1. The van der Waals surface area contributed by atoms with Gasteiger partial charge in [-0.05, 0) is 31.5 Å². The minimum Gasteiger partial charge on any atom is -0.383 e. The van der Waals surface area contributed by atoms with E-state index in [1.807, 2.05) is 38.1 Å². The van der Waals surface area contributed by atoms with Gasteiger partial charge in [0.15, 0.2) is 0 Å². The van der Waals surface area contributed by atoms with Crippen LogP contribution < -0.4 is 5.73 Å². The molecule has 19 heavy (non-hydrogen) atoms. The lowest BCUT2D eigenvalue weighted by atomic mass is 10.1. The molecule has 4 nitrogen and oxygen atoms in total. The molecule has 2 N–H and O–H groups in total. The SMILES string of the molecule is CC(C)n1nc(Cc2ccc(Cl)cc2)c(C#N)c1N. The molecule has 1 heterocycles. The second-order valence-electron chi connectivity index (χ2n) is 4.66. The molecule has 0 saturated heterocycles. The van der Waals surface area contributed by atoms with Gasteiger partial charge in [0.1, 0.15) is 17.5 Å². The van der Waals surface area contributed by atoms with Crippen LogP contribution in [0.1, 0.15) is 36.7 Å². The Labute approximate surface area is 117 Å². The summed E-state index contributed by atoms with van der Waals surface area (Å²) < 4.78 is 1.68. The molecule has 0 radical (unpaired) electrons. The standard InChI is InChI=1S/C14H15ClN4/c1-9(2)19-14(17)12(8-16)13(18-19)7-10-3-5-11(15)6-4-10/h3-6,9H,7,17H2,1-2H3. The van der Waals surface area contributed by atoms with E-state index < -0.39 is 0 Å². The average Bonchev–Trinajstić information content (AvgIpc) is 2.68. The molecular formula is C14H15ClN4. The normalized spacial score (nSPS) is 10.7. The summed E-state index contributed by atoms with van der Waals surface area (Å²) in [7, 11) is 0. The largest absolute Gasteiger partial charge is 0.383 e. The first-order chi connectivity index (χ1) is 9.02. The first-order valence-electron chi connectivity index (χ1n) is 6.04. The van der Waals surface area contributed by atoms with Gasteiger partial charge in [0.25, 0.3) is 0 Å². The number of benzene rings is 1. The van der Waals surface area contributed by atoms with Crippen LogP contribution in [-0.2, 0) is 6.42 Å². The second-order valence-corrected chi connectivity index (χ2v) is 5.10. The predicted molar refractivity (Wildman–Crippen MR) is 76.0 cm³/mol. The van der Waals surface area contributed by atoms with E-state index in [0.717, 1.165) is 5.56 Å². The minimum absolute atomic E-state index is 0.131. The highest BCUT2D eigenvalue weighted by Crippen LogP contribution is 2.22. The van der Waals surface area contributed by atoms with Crippen molar-refractivity contribution < 1.29 is 0 Å². The molecule has 0 bridgehead atoms. The Balaban J connectivity index is 2.37. The Bertz CT molecular complexity index is 620. The van der Waals surface area contributed by atoms with Crippen molar-refractivity contribution in [3.05, 3.63) is 46.1 Å². The fourth-order valence-corrected chi connectivity index (χ4v) is 2.06. The van der Waals surface area contributed by atoms with Gasteiger partial charge in [0, 0.05) is 17.5 Å². The van der Waals surface area contributed by atoms with Gasteiger partial charge in [-0.3, -0.25) is 0 Å². The van der Waals surface area contributed by atoms with Crippen LogP contribution in [0.15, 0.2) is 24.3 Å². The third kappa shape index (κ3) is 2.72. The van der Waals surface area contributed by atoms with Crippen molar-refractivity contribution in [1.82, 2.24) is 9.78 Å². The lowest BCUT2D eigenvalue weighted by molar-refractivity contribution is 0.535. The summed E-state index contributed by atoms with van der Waals surface area (Å²) in [6, 6.07) is 9.77. The van der Waals surface area contributed by atoms with Gasteiger partial charge >= 0.3 is 0 Å². The minimum atomic E-state index is 0.131. The van der Waals surface area contributed by atoms with E-state index in [1.165, 1.54) is 0 Å². The van der Waals surface area contributed by atoms with Crippen molar-refractivity contribution in [2.75, 3.05) is 5.73 Å². The molecule has 0 aliphatic carbocycles. The number of hydrogen-bond donors (Lipinski definition) is 1. The van der Waals surface area contributed by atoms with Gasteiger partial charge in [-0.1, -0.05) is 23.7 Å². The van der Waals surface area contributed by atoms with Gasteiger partial charge in [0.05, 0.1) is 5.69 Å². The van der Waals surface area contributed by atoms with E-state index in [-0.39, 0.29) is 6.04 Å². The number of rotatable bonds is 3. The summed E-state index contributed by atoms with van der Waals surface area (Å²) in [6.07, 6.45) is 0.573. The number of hydrogen-bond acceptors (Lipinski definition) is 3. The highest BCUT2D eigenvalue weighted by Gasteiger charge is 2.17. The number of nitriles is 1. The third-order valence-corrected chi connectivity index (χ3v) is 3.16. The Morgan fingerprint density at radius 3 is 2.53 bits per heavy atom. The smallest absolute Gasteiger partial charge is 0.140 e. The summed E-state index contributed by atoms with van der Waals surface area (Å²) >= 11 is 5.85. The number of nitrogens with zero attached hydrogens (tertiary/aromatic N) is 3. The van der Waals surface area contributed by atoms with E-state index in [0.29, 0.717) is 28.5 Å². The van der Waals surface area contributed by atoms with Gasteiger partial charge in [-0.25, -0.2) is 4.68 Å². The Morgan fingerprint density at radius 2 is 2.00 bits per heavy atom. The number of nitrogen functional groups attached to an aromatic ring is 1. The van der Waals surface area contributed by atoms with Gasteiger partial charge in [-0.2, -0.15) is 10.4 Å². The summed E-state index contributed by atoms with van der Waals surface area (Å²) in [5, 5.41) is 14.3. The zero-order valence-corrected chi connectivity index (χ0v) is 11.6. The monoisotopic (exact) mass is 274 g/mol. The van der Waals surface area contributed by atoms with E-state index >= 15 is 0 Å². The maximum Gasteiger partial charge on any atom is 0.140 e. The Morgan fingerprint density at radius 1 is 1.37 bits per heavy atom. The van der Waals surface area contributed by atoms with Crippen molar-refractivity contribution in [3.63, 3.8) is 0 Å². The van der Waals surface area contributed by atoms with Crippen molar-refractivity contribution in [2.24, 2.45) is 0 Å². The maximum atomic E-state index is 9.21. The number of nitrogens with two attached hydrogens (primary N) is 1. The van der Waals surface area contributed by atoms with Gasteiger partial charge < -0.3 is 5.73 Å². The predicted octanol–water partition coefficient (Wildman–Crippen LogP) is 3.16. The molecule has 0 saturated carbocycles. The fraction of sp³-hybridized carbons (Fsp3) is 0.286. The average molecular weight is 275 g/mol. The fourth-order valence-electron chi connectivity index (χ4n) is 1.93. The molecule has 1 aromatic heterocycles. The van der Waals surface area contributed by atoms with Crippen LogP contribution in [0.5, 0.6) is 0 Å². The number of halogens is 1. The zero-order chi connectivity index (χ0) is 14.0. The van der Waals surface area contributed by atoms with Crippen molar-refractivity contribution in [1.29, 1.82) is 5.26 Å². The molecule has 0 unspecified atom stereocenters. The van der Waals surface area contributed by atoms with Crippen LogP contribution in [0.4, 0.5) is 5.82 Å². The van der Waals surface area contributed by atoms with Crippen molar-refractivity contribution >= 4 is 17.4 Å².